The zero-order chi connectivity index (χ0) is 13.8. The van der Waals surface area contributed by atoms with Crippen LogP contribution in [-0.2, 0) is 4.79 Å². The molecule has 1 amide bonds. The summed E-state index contributed by atoms with van der Waals surface area (Å²) < 4.78 is 4.27. The minimum atomic E-state index is 0.0114. The van der Waals surface area contributed by atoms with E-state index < -0.39 is 0 Å². The fraction of sp³-hybridized carbons (Fsp3) is 0.267. The molecule has 0 fully saturated rings. The van der Waals surface area contributed by atoms with Crippen molar-refractivity contribution in [1.29, 1.82) is 0 Å². The van der Waals surface area contributed by atoms with Gasteiger partial charge >= 0.3 is 0 Å². The van der Waals surface area contributed by atoms with Crippen LogP contribution < -0.4 is 5.32 Å². The van der Waals surface area contributed by atoms with Gasteiger partial charge in [0.2, 0.25) is 11.0 Å². The second-order valence-electron chi connectivity index (χ2n) is 4.81. The van der Waals surface area contributed by atoms with E-state index in [9.17, 15) is 4.79 Å². The number of hydrogen-bond acceptors (Lipinski definition) is 4. The Bertz CT molecular complexity index is 621. The highest BCUT2D eigenvalue weighted by atomic mass is 32.1. The molecule has 1 heterocycles. The van der Waals surface area contributed by atoms with Gasteiger partial charge in [-0.15, -0.1) is 0 Å². The zero-order valence-electron chi connectivity index (χ0n) is 11.0. The molecule has 0 unspecified atom stereocenters. The first kappa shape index (κ1) is 13.0. The summed E-state index contributed by atoms with van der Waals surface area (Å²) >= 11 is 1.22. The number of anilines is 1. The molecular formula is C15H15N3OS. The Morgan fingerprint density at radius 2 is 2.20 bits per heavy atom. The Hall–Kier alpha value is -2.01. The van der Waals surface area contributed by atoms with Crippen molar-refractivity contribution < 1.29 is 4.79 Å². The van der Waals surface area contributed by atoms with Gasteiger partial charge in [-0.2, -0.15) is 9.36 Å². The molecule has 0 saturated carbocycles. The fourth-order valence-corrected chi connectivity index (χ4v) is 2.86. The lowest BCUT2D eigenvalue weighted by Gasteiger charge is -2.05. The quantitative estimate of drug-likeness (QED) is 0.875. The van der Waals surface area contributed by atoms with Crippen LogP contribution in [0.15, 0.2) is 42.5 Å². The minimum Gasteiger partial charge on any atom is -0.301 e. The van der Waals surface area contributed by atoms with Crippen molar-refractivity contribution in [2.24, 2.45) is 5.92 Å². The van der Waals surface area contributed by atoms with Crippen LogP contribution in [-0.4, -0.2) is 15.3 Å². The maximum atomic E-state index is 11.9. The maximum absolute atomic E-state index is 11.9. The molecule has 1 N–H and O–H groups in total. The number of aromatic nitrogens is 2. The van der Waals surface area contributed by atoms with E-state index in [2.05, 4.69) is 26.8 Å². The predicted molar refractivity (Wildman–Crippen MR) is 80.5 cm³/mol. The molecule has 1 aromatic carbocycles. The first-order valence-corrected chi connectivity index (χ1v) is 7.44. The lowest BCUT2D eigenvalue weighted by molar-refractivity contribution is -0.116. The summed E-state index contributed by atoms with van der Waals surface area (Å²) in [5.41, 5.74) is 0.961. The van der Waals surface area contributed by atoms with Crippen LogP contribution in [0.4, 0.5) is 5.13 Å². The first-order valence-electron chi connectivity index (χ1n) is 6.67. The number of benzene rings is 1. The topological polar surface area (TPSA) is 54.9 Å². The molecule has 2 aromatic rings. The van der Waals surface area contributed by atoms with E-state index in [0.29, 0.717) is 23.3 Å². The summed E-state index contributed by atoms with van der Waals surface area (Å²) in [5, 5.41) is 3.40. The van der Waals surface area contributed by atoms with Crippen LogP contribution in [0.3, 0.4) is 0 Å². The van der Waals surface area contributed by atoms with Crippen molar-refractivity contribution in [1.82, 2.24) is 9.36 Å². The van der Waals surface area contributed by atoms with Gasteiger partial charge in [-0.05, 0) is 18.8 Å². The number of carbonyl (C=O) groups is 1. The second-order valence-corrected chi connectivity index (χ2v) is 5.56. The number of amides is 1. The predicted octanol–water partition coefficient (Wildman–Crippen LogP) is 3.50. The van der Waals surface area contributed by atoms with E-state index in [1.54, 1.807) is 0 Å². The zero-order valence-corrected chi connectivity index (χ0v) is 11.8. The van der Waals surface area contributed by atoms with E-state index in [1.165, 1.54) is 11.5 Å². The Labute approximate surface area is 121 Å². The van der Waals surface area contributed by atoms with Gasteiger partial charge < -0.3 is 5.32 Å². The highest BCUT2D eigenvalue weighted by molar-refractivity contribution is 7.10. The van der Waals surface area contributed by atoms with Gasteiger partial charge in [-0.1, -0.05) is 42.5 Å². The largest absolute Gasteiger partial charge is 0.301 e. The molecule has 1 aliphatic carbocycles. The molecular weight excluding hydrogens is 270 g/mol. The minimum absolute atomic E-state index is 0.0114. The van der Waals surface area contributed by atoms with Gasteiger partial charge in [0.05, 0.1) is 0 Å². The van der Waals surface area contributed by atoms with Crippen molar-refractivity contribution in [3.05, 3.63) is 42.5 Å². The molecule has 20 heavy (non-hydrogen) atoms. The number of nitrogens with zero attached hydrogens (tertiary/aromatic N) is 2. The van der Waals surface area contributed by atoms with E-state index >= 15 is 0 Å². The van der Waals surface area contributed by atoms with E-state index in [4.69, 9.17) is 0 Å². The molecule has 3 rings (SSSR count). The van der Waals surface area contributed by atoms with Gasteiger partial charge in [-0.25, -0.2) is 0 Å². The number of hydrogen-bond donors (Lipinski definition) is 1. The summed E-state index contributed by atoms with van der Waals surface area (Å²) in [6.07, 6.45) is 6.93. The monoisotopic (exact) mass is 285 g/mol. The van der Waals surface area contributed by atoms with Crippen LogP contribution in [0.25, 0.3) is 11.4 Å². The van der Waals surface area contributed by atoms with Gasteiger partial charge in [0.15, 0.2) is 5.82 Å². The van der Waals surface area contributed by atoms with Crippen LogP contribution >= 0.6 is 11.5 Å². The Morgan fingerprint density at radius 3 is 2.95 bits per heavy atom. The molecule has 0 aliphatic heterocycles. The summed E-state index contributed by atoms with van der Waals surface area (Å²) in [4.78, 5) is 16.3. The molecule has 1 aromatic heterocycles. The Balaban J connectivity index is 1.62. The SMILES string of the molecule is O=C(C[C@H]1C=CCC1)Nc1nc(-c2ccccc2)ns1. The molecule has 5 heteroatoms. The number of rotatable bonds is 4. The maximum Gasteiger partial charge on any atom is 0.226 e. The molecule has 1 atom stereocenters. The van der Waals surface area contributed by atoms with Crippen molar-refractivity contribution >= 4 is 22.6 Å². The summed E-state index contributed by atoms with van der Waals surface area (Å²) in [6.45, 7) is 0. The molecule has 1 aliphatic rings. The van der Waals surface area contributed by atoms with Gasteiger partial charge in [0.25, 0.3) is 0 Å². The molecule has 0 saturated heterocycles. The van der Waals surface area contributed by atoms with E-state index in [0.717, 1.165) is 18.4 Å². The van der Waals surface area contributed by atoms with Crippen LogP contribution in [0.1, 0.15) is 19.3 Å². The van der Waals surface area contributed by atoms with Crippen molar-refractivity contribution in [2.75, 3.05) is 5.32 Å². The summed E-state index contributed by atoms with van der Waals surface area (Å²) in [6, 6.07) is 9.75. The molecule has 102 valence electrons. The van der Waals surface area contributed by atoms with Crippen molar-refractivity contribution in [3.8, 4) is 11.4 Å². The van der Waals surface area contributed by atoms with Crippen LogP contribution in [0.5, 0.6) is 0 Å². The molecule has 0 bridgehead atoms. The van der Waals surface area contributed by atoms with Gasteiger partial charge in [0.1, 0.15) is 0 Å². The first-order chi connectivity index (χ1) is 9.81. The molecule has 4 nitrogen and oxygen atoms in total. The summed E-state index contributed by atoms with van der Waals surface area (Å²) in [5.74, 6) is 1.04. The van der Waals surface area contributed by atoms with Crippen LogP contribution in [0.2, 0.25) is 0 Å². The second kappa shape index (κ2) is 5.96. The molecule has 0 radical (unpaired) electrons. The Morgan fingerprint density at radius 1 is 1.35 bits per heavy atom. The van der Waals surface area contributed by atoms with Crippen molar-refractivity contribution in [2.45, 2.75) is 19.3 Å². The fourth-order valence-electron chi connectivity index (χ4n) is 2.25. The highest BCUT2D eigenvalue weighted by Gasteiger charge is 2.15. The van der Waals surface area contributed by atoms with E-state index in [1.807, 2.05) is 30.3 Å². The summed E-state index contributed by atoms with van der Waals surface area (Å²) in [7, 11) is 0. The van der Waals surface area contributed by atoms with Crippen molar-refractivity contribution in [3.63, 3.8) is 0 Å². The normalized spacial score (nSPS) is 17.3. The number of allylic oxidation sites excluding steroid dienone is 2. The third-order valence-corrected chi connectivity index (χ3v) is 3.89. The lowest BCUT2D eigenvalue weighted by Crippen LogP contribution is -2.14. The lowest BCUT2D eigenvalue weighted by atomic mass is 10.1. The third-order valence-electron chi connectivity index (χ3n) is 3.26. The van der Waals surface area contributed by atoms with Crippen LogP contribution in [0, 0.1) is 5.92 Å². The number of carbonyl (C=O) groups excluding carboxylic acids is 1. The average molecular weight is 285 g/mol. The van der Waals surface area contributed by atoms with Gasteiger partial charge in [-0.3, -0.25) is 4.79 Å². The van der Waals surface area contributed by atoms with Gasteiger partial charge in [0, 0.05) is 23.5 Å². The average Bonchev–Trinajstić information content (AvgIpc) is 3.11. The Kier molecular flexibility index (Phi) is 3.87. The third kappa shape index (κ3) is 3.11. The van der Waals surface area contributed by atoms with E-state index in [-0.39, 0.29) is 5.91 Å². The highest BCUT2D eigenvalue weighted by Crippen LogP contribution is 2.23. The number of nitrogens with one attached hydrogen (secondary N) is 1. The smallest absolute Gasteiger partial charge is 0.226 e. The standard InChI is InChI=1S/C15H15N3OS/c19-13(10-11-6-4-5-7-11)16-15-17-14(18-20-15)12-8-2-1-3-9-12/h1-4,6,8-9,11H,5,7,10H2,(H,16,17,18,19)/t11-/m0/s1. The molecule has 0 spiro atoms.